The number of nitrogens with zero attached hydrogens (tertiary/aromatic N) is 4. The Hall–Kier alpha value is -2.40. The summed E-state index contributed by atoms with van der Waals surface area (Å²) in [4.78, 5) is 17.2. The Morgan fingerprint density at radius 3 is 2.67 bits per heavy atom. The average Bonchev–Trinajstić information content (AvgIpc) is 3.02. The number of hydrogen-bond acceptors (Lipinski definition) is 4. The van der Waals surface area contributed by atoms with E-state index >= 15 is 0 Å². The Kier molecular flexibility index (Phi) is 4.42. The van der Waals surface area contributed by atoms with Crippen molar-refractivity contribution in [2.75, 3.05) is 26.2 Å². The Morgan fingerprint density at radius 1 is 1.00 bits per heavy atom. The Balaban J connectivity index is 1.58. The number of fused-ring (bicyclic) bond motifs is 1. The van der Waals surface area contributed by atoms with Gasteiger partial charge < -0.3 is 4.84 Å². The van der Waals surface area contributed by atoms with Gasteiger partial charge in [-0.2, -0.15) is 4.73 Å². The van der Waals surface area contributed by atoms with Crippen molar-refractivity contribution in [2.45, 2.75) is 19.3 Å². The maximum Gasteiger partial charge on any atom is 0.176 e. The molecule has 4 heterocycles. The lowest BCUT2D eigenvalue weighted by atomic mass is 10.1. The van der Waals surface area contributed by atoms with Gasteiger partial charge in [0.15, 0.2) is 5.65 Å². The highest BCUT2D eigenvalue weighted by Gasteiger charge is 2.14. The largest absolute Gasteiger partial charge is 0.410 e. The van der Waals surface area contributed by atoms with Gasteiger partial charge in [-0.1, -0.05) is 6.42 Å². The third kappa shape index (κ3) is 3.12. The lowest BCUT2D eigenvalue weighted by Gasteiger charge is -2.26. The molecule has 0 N–H and O–H groups in total. The predicted molar refractivity (Wildman–Crippen MR) is 94.7 cm³/mol. The number of rotatable bonds is 5. The Morgan fingerprint density at radius 2 is 1.83 bits per heavy atom. The summed E-state index contributed by atoms with van der Waals surface area (Å²) in [6.45, 7) is 4.00. The van der Waals surface area contributed by atoms with E-state index in [0.29, 0.717) is 6.61 Å². The number of piperidine rings is 1. The Labute approximate surface area is 141 Å². The maximum absolute atomic E-state index is 6.14. The van der Waals surface area contributed by atoms with E-state index in [4.69, 9.17) is 4.84 Å². The molecule has 1 aliphatic rings. The van der Waals surface area contributed by atoms with Gasteiger partial charge in [0, 0.05) is 36.1 Å². The highest BCUT2D eigenvalue weighted by molar-refractivity contribution is 5.83. The van der Waals surface area contributed by atoms with Crippen molar-refractivity contribution in [3.05, 3.63) is 48.9 Å². The molecule has 24 heavy (non-hydrogen) atoms. The first-order valence-corrected chi connectivity index (χ1v) is 8.64. The van der Waals surface area contributed by atoms with Crippen LogP contribution in [0.1, 0.15) is 19.3 Å². The van der Waals surface area contributed by atoms with Gasteiger partial charge in [-0.05, 0) is 56.3 Å². The molecule has 4 rings (SSSR count). The van der Waals surface area contributed by atoms with E-state index in [0.717, 1.165) is 28.8 Å². The molecule has 1 fully saturated rings. The van der Waals surface area contributed by atoms with E-state index in [9.17, 15) is 0 Å². The summed E-state index contributed by atoms with van der Waals surface area (Å²) in [7, 11) is 0. The maximum atomic E-state index is 6.14. The first-order chi connectivity index (χ1) is 11.9. The standard InChI is InChI=1S/C19H22N4O/c1-2-11-22(12-3-1)13-14-24-23-18(16-6-9-20-10-7-16)15-17-5-4-8-21-19(17)23/h4-10,15H,1-3,11-14H2. The van der Waals surface area contributed by atoms with Crippen molar-refractivity contribution in [3.8, 4) is 11.3 Å². The van der Waals surface area contributed by atoms with Crippen molar-refractivity contribution >= 4 is 11.0 Å². The summed E-state index contributed by atoms with van der Waals surface area (Å²) in [6.07, 6.45) is 9.38. The van der Waals surface area contributed by atoms with Crippen molar-refractivity contribution in [1.29, 1.82) is 0 Å². The summed E-state index contributed by atoms with van der Waals surface area (Å²) in [5, 5.41) is 1.09. The summed E-state index contributed by atoms with van der Waals surface area (Å²) in [5.41, 5.74) is 2.97. The molecule has 3 aromatic heterocycles. The molecule has 0 atom stereocenters. The molecular formula is C19H22N4O. The zero-order valence-electron chi connectivity index (χ0n) is 13.8. The first-order valence-electron chi connectivity index (χ1n) is 8.64. The molecule has 0 spiro atoms. The van der Waals surface area contributed by atoms with Crippen LogP contribution in [0, 0.1) is 0 Å². The number of pyridine rings is 2. The third-order valence-corrected chi connectivity index (χ3v) is 4.57. The summed E-state index contributed by atoms with van der Waals surface area (Å²) in [5.74, 6) is 0. The van der Waals surface area contributed by atoms with Gasteiger partial charge in [0.2, 0.25) is 0 Å². The molecule has 5 nitrogen and oxygen atoms in total. The van der Waals surface area contributed by atoms with Crippen molar-refractivity contribution in [2.24, 2.45) is 0 Å². The summed E-state index contributed by atoms with van der Waals surface area (Å²) < 4.78 is 1.87. The quantitative estimate of drug-likeness (QED) is 0.724. The van der Waals surface area contributed by atoms with Gasteiger partial charge in [0.05, 0.1) is 5.69 Å². The third-order valence-electron chi connectivity index (χ3n) is 4.57. The van der Waals surface area contributed by atoms with Crippen LogP contribution in [-0.2, 0) is 0 Å². The van der Waals surface area contributed by atoms with Gasteiger partial charge in [-0.3, -0.25) is 9.88 Å². The van der Waals surface area contributed by atoms with Crippen LogP contribution in [0.25, 0.3) is 22.3 Å². The van der Waals surface area contributed by atoms with Gasteiger partial charge in [-0.25, -0.2) is 4.98 Å². The van der Waals surface area contributed by atoms with Crippen LogP contribution in [0.3, 0.4) is 0 Å². The molecule has 0 bridgehead atoms. The second-order valence-electron chi connectivity index (χ2n) is 6.21. The summed E-state index contributed by atoms with van der Waals surface area (Å²) in [6, 6.07) is 10.1. The molecule has 0 unspecified atom stereocenters. The predicted octanol–water partition coefficient (Wildman–Crippen LogP) is 3.01. The first kappa shape index (κ1) is 15.1. The van der Waals surface area contributed by atoms with Gasteiger partial charge >= 0.3 is 0 Å². The fourth-order valence-electron chi connectivity index (χ4n) is 3.31. The lowest BCUT2D eigenvalue weighted by Crippen LogP contribution is -2.34. The van der Waals surface area contributed by atoms with E-state index < -0.39 is 0 Å². The van der Waals surface area contributed by atoms with Crippen LogP contribution in [-0.4, -0.2) is 45.8 Å². The number of aromatic nitrogens is 3. The number of likely N-dealkylation sites (tertiary alicyclic amines) is 1. The fourth-order valence-corrected chi connectivity index (χ4v) is 3.31. The minimum absolute atomic E-state index is 0.665. The van der Waals surface area contributed by atoms with Crippen LogP contribution < -0.4 is 4.84 Å². The molecule has 124 valence electrons. The van der Waals surface area contributed by atoms with Gasteiger partial charge in [-0.15, -0.1) is 0 Å². The second kappa shape index (κ2) is 7.01. The molecule has 0 saturated carbocycles. The van der Waals surface area contributed by atoms with Gasteiger partial charge in [0.1, 0.15) is 6.61 Å². The normalized spacial score (nSPS) is 15.7. The van der Waals surface area contributed by atoms with E-state index in [-0.39, 0.29) is 0 Å². The SMILES string of the molecule is c1cnc2c(c1)cc(-c1ccncc1)n2OCCN1CCCCC1. The monoisotopic (exact) mass is 322 g/mol. The van der Waals surface area contributed by atoms with E-state index in [2.05, 4.69) is 27.0 Å². The molecular weight excluding hydrogens is 300 g/mol. The fraction of sp³-hybridized carbons (Fsp3) is 0.368. The van der Waals surface area contributed by atoms with Crippen LogP contribution in [0.2, 0.25) is 0 Å². The topological polar surface area (TPSA) is 43.2 Å². The van der Waals surface area contributed by atoms with Crippen LogP contribution in [0.4, 0.5) is 0 Å². The minimum Gasteiger partial charge on any atom is -0.410 e. The van der Waals surface area contributed by atoms with Gasteiger partial charge in [0.25, 0.3) is 0 Å². The molecule has 5 heteroatoms. The lowest BCUT2D eigenvalue weighted by molar-refractivity contribution is 0.0893. The smallest absolute Gasteiger partial charge is 0.176 e. The van der Waals surface area contributed by atoms with E-state index in [1.54, 1.807) is 12.4 Å². The van der Waals surface area contributed by atoms with Crippen LogP contribution >= 0.6 is 0 Å². The van der Waals surface area contributed by atoms with E-state index in [1.807, 2.05) is 29.1 Å². The molecule has 0 aliphatic carbocycles. The van der Waals surface area contributed by atoms with Crippen LogP contribution in [0.5, 0.6) is 0 Å². The second-order valence-corrected chi connectivity index (χ2v) is 6.21. The molecule has 0 aromatic carbocycles. The van der Waals surface area contributed by atoms with E-state index in [1.165, 1.54) is 32.4 Å². The van der Waals surface area contributed by atoms with Crippen molar-refractivity contribution < 1.29 is 4.84 Å². The molecule has 3 aromatic rings. The minimum atomic E-state index is 0.665. The molecule has 1 saturated heterocycles. The molecule has 1 aliphatic heterocycles. The van der Waals surface area contributed by atoms with Crippen molar-refractivity contribution in [1.82, 2.24) is 19.6 Å². The molecule has 0 radical (unpaired) electrons. The highest BCUT2D eigenvalue weighted by Crippen LogP contribution is 2.25. The van der Waals surface area contributed by atoms with Crippen LogP contribution in [0.15, 0.2) is 48.9 Å². The zero-order chi connectivity index (χ0) is 16.2. The van der Waals surface area contributed by atoms with Crippen molar-refractivity contribution in [3.63, 3.8) is 0 Å². The highest BCUT2D eigenvalue weighted by atomic mass is 16.7. The summed E-state index contributed by atoms with van der Waals surface area (Å²) >= 11 is 0. The molecule has 0 amide bonds. The zero-order valence-corrected chi connectivity index (χ0v) is 13.8. The number of hydrogen-bond donors (Lipinski definition) is 0. The Bertz CT molecular complexity index is 793. The average molecular weight is 322 g/mol.